The minimum Gasteiger partial charge on any atom is -0.385 e. The summed E-state index contributed by atoms with van der Waals surface area (Å²) in [6.45, 7) is 1.79. The summed E-state index contributed by atoms with van der Waals surface area (Å²) in [4.78, 5) is 19.9. The van der Waals surface area contributed by atoms with Crippen molar-refractivity contribution in [2.75, 3.05) is 33.4 Å². The van der Waals surface area contributed by atoms with Gasteiger partial charge in [0.2, 0.25) is 5.91 Å². The zero-order chi connectivity index (χ0) is 27.4. The number of para-hydroxylation sites is 1. The summed E-state index contributed by atoms with van der Waals surface area (Å²) < 4.78 is 11.5. The van der Waals surface area contributed by atoms with Gasteiger partial charge in [-0.2, -0.15) is 0 Å². The minimum atomic E-state index is -1.38. The molecule has 8 heteroatoms. The number of pyridine rings is 1. The lowest BCUT2D eigenvalue weighted by atomic mass is 9.79. The summed E-state index contributed by atoms with van der Waals surface area (Å²) in [5.74, 6) is 0.0574. The fraction of sp³-hybridized carbons (Fsp3) is 0.484. The molecule has 1 amide bonds. The van der Waals surface area contributed by atoms with Gasteiger partial charge >= 0.3 is 0 Å². The van der Waals surface area contributed by atoms with Crippen molar-refractivity contribution in [3.63, 3.8) is 0 Å². The number of carbonyl (C=O) groups is 1. The van der Waals surface area contributed by atoms with Crippen LogP contribution < -0.4 is 5.73 Å². The Hall–Kier alpha value is -2.55. The van der Waals surface area contributed by atoms with E-state index in [-0.39, 0.29) is 17.9 Å². The highest BCUT2D eigenvalue weighted by atomic mass is 35.5. The van der Waals surface area contributed by atoms with E-state index in [1.165, 1.54) is 0 Å². The van der Waals surface area contributed by atoms with E-state index in [4.69, 9.17) is 26.8 Å². The number of methoxy groups -OCH3 is 1. The van der Waals surface area contributed by atoms with Crippen molar-refractivity contribution in [1.29, 1.82) is 0 Å². The number of nitrogens with two attached hydrogens (primary N) is 1. The van der Waals surface area contributed by atoms with Crippen LogP contribution in [0, 0.1) is 5.92 Å². The van der Waals surface area contributed by atoms with Gasteiger partial charge in [-0.15, -0.1) is 0 Å². The molecule has 208 valence electrons. The van der Waals surface area contributed by atoms with Gasteiger partial charge in [-0.3, -0.25) is 9.78 Å². The molecule has 2 aliphatic rings. The van der Waals surface area contributed by atoms with E-state index in [1.807, 2.05) is 47.4 Å². The van der Waals surface area contributed by atoms with Gasteiger partial charge in [0.05, 0.1) is 18.7 Å². The van der Waals surface area contributed by atoms with Crippen LogP contribution in [-0.2, 0) is 19.9 Å². The summed E-state index contributed by atoms with van der Waals surface area (Å²) in [5, 5.41) is 14.1. The molecular formula is C31H38ClN3O4. The number of benzene rings is 2. The lowest BCUT2D eigenvalue weighted by Crippen LogP contribution is -2.55. The smallest absolute Gasteiger partial charge is 0.225 e. The van der Waals surface area contributed by atoms with Crippen LogP contribution in [0.15, 0.2) is 54.7 Å². The normalized spacial score (nSPS) is 23.2. The predicted octanol–water partition coefficient (Wildman–Crippen LogP) is 4.91. The molecule has 1 aliphatic carbocycles. The highest BCUT2D eigenvalue weighted by molar-refractivity contribution is 6.33. The summed E-state index contributed by atoms with van der Waals surface area (Å²) in [6.07, 6.45) is 5.55. The maximum Gasteiger partial charge on any atom is 0.225 e. The number of hydrogen-bond donors (Lipinski definition) is 2. The summed E-state index contributed by atoms with van der Waals surface area (Å²) >= 11 is 6.85. The highest BCUT2D eigenvalue weighted by Crippen LogP contribution is 2.43. The van der Waals surface area contributed by atoms with Crippen LogP contribution in [0.1, 0.15) is 44.1 Å². The Kier molecular flexibility index (Phi) is 8.84. The van der Waals surface area contributed by atoms with Gasteiger partial charge in [-0.25, -0.2) is 0 Å². The second kappa shape index (κ2) is 12.3. The minimum absolute atomic E-state index is 0.0565. The van der Waals surface area contributed by atoms with Gasteiger partial charge in [0.25, 0.3) is 0 Å². The van der Waals surface area contributed by atoms with Gasteiger partial charge in [-0.05, 0) is 62.3 Å². The Morgan fingerprint density at radius 2 is 2.08 bits per heavy atom. The Labute approximate surface area is 235 Å². The van der Waals surface area contributed by atoms with Crippen molar-refractivity contribution < 1.29 is 19.4 Å². The van der Waals surface area contributed by atoms with Crippen molar-refractivity contribution >= 4 is 28.4 Å². The third-order valence-corrected chi connectivity index (χ3v) is 8.56. The molecule has 4 unspecified atom stereocenters. The second-order valence-electron chi connectivity index (χ2n) is 10.9. The lowest BCUT2D eigenvalue weighted by molar-refractivity contribution is -0.167. The number of halogens is 1. The van der Waals surface area contributed by atoms with E-state index in [1.54, 1.807) is 13.3 Å². The number of morpholine rings is 1. The molecule has 5 rings (SSSR count). The Balaban J connectivity index is 1.52. The third-order valence-electron chi connectivity index (χ3n) is 8.25. The monoisotopic (exact) mass is 551 g/mol. The van der Waals surface area contributed by atoms with Gasteiger partial charge in [-0.1, -0.05) is 41.9 Å². The SMILES string of the molecule is COCCCCC(O)(c1cccc(Cl)c1-c1cnc2ccccc2c1)C1CN(C(=O)C2CCC(N)C2)CCO1. The number of hydrogen-bond acceptors (Lipinski definition) is 6. The number of aliphatic hydroxyl groups is 1. The molecule has 2 heterocycles. The van der Waals surface area contributed by atoms with Crippen LogP contribution >= 0.6 is 11.6 Å². The quantitative estimate of drug-likeness (QED) is 0.367. The van der Waals surface area contributed by atoms with Crippen LogP contribution in [-0.4, -0.2) is 66.5 Å². The molecule has 4 atom stereocenters. The first-order valence-corrected chi connectivity index (χ1v) is 14.3. The van der Waals surface area contributed by atoms with E-state index in [0.717, 1.165) is 54.1 Å². The van der Waals surface area contributed by atoms with Crippen molar-refractivity contribution in [1.82, 2.24) is 9.88 Å². The maximum atomic E-state index is 13.4. The van der Waals surface area contributed by atoms with E-state index in [0.29, 0.717) is 43.3 Å². The van der Waals surface area contributed by atoms with Crippen LogP contribution in [0.2, 0.25) is 5.02 Å². The van der Waals surface area contributed by atoms with Crippen LogP contribution in [0.5, 0.6) is 0 Å². The molecule has 2 aromatic carbocycles. The summed E-state index contributed by atoms with van der Waals surface area (Å²) in [5.41, 5.74) is 7.86. The number of nitrogens with zero attached hydrogens (tertiary/aromatic N) is 2. The molecule has 0 bridgehead atoms. The molecule has 1 saturated carbocycles. The molecule has 1 aliphatic heterocycles. The molecule has 3 aromatic rings. The number of fused-ring (bicyclic) bond motifs is 1. The first-order chi connectivity index (χ1) is 18.9. The topological polar surface area (TPSA) is 97.9 Å². The number of carbonyl (C=O) groups excluding carboxylic acids is 1. The van der Waals surface area contributed by atoms with Crippen molar-refractivity contribution in [2.45, 2.75) is 56.3 Å². The average molecular weight is 552 g/mol. The molecule has 3 N–H and O–H groups in total. The number of unbranched alkanes of at least 4 members (excludes halogenated alkanes) is 1. The van der Waals surface area contributed by atoms with E-state index >= 15 is 0 Å². The standard InChI is InChI=1S/C31H38ClN3O4/c1-38-15-5-4-13-31(37,28-20-35(14-16-39-28)30(36)22-11-12-24(33)18-22)25-8-6-9-26(32)29(25)23-17-21-7-2-3-10-27(21)34-19-23/h2-3,6-10,17,19,22,24,28,37H,4-5,11-16,18,20,33H2,1H3. The van der Waals surface area contributed by atoms with Gasteiger partial charge in [0, 0.05) is 60.0 Å². The zero-order valence-corrected chi connectivity index (χ0v) is 23.3. The van der Waals surface area contributed by atoms with Crippen molar-refractivity contribution in [3.05, 3.63) is 65.3 Å². The second-order valence-corrected chi connectivity index (χ2v) is 11.3. The number of ether oxygens (including phenoxy) is 2. The number of amides is 1. The molecule has 7 nitrogen and oxygen atoms in total. The van der Waals surface area contributed by atoms with E-state index in [9.17, 15) is 9.90 Å². The van der Waals surface area contributed by atoms with Crippen molar-refractivity contribution in [3.8, 4) is 11.1 Å². The van der Waals surface area contributed by atoms with E-state index in [2.05, 4.69) is 11.1 Å². The van der Waals surface area contributed by atoms with Gasteiger partial charge in [0.1, 0.15) is 11.7 Å². The predicted molar refractivity (Wildman–Crippen MR) is 153 cm³/mol. The number of aromatic nitrogens is 1. The molecule has 39 heavy (non-hydrogen) atoms. The lowest BCUT2D eigenvalue weighted by Gasteiger charge is -2.44. The summed E-state index contributed by atoms with van der Waals surface area (Å²) in [7, 11) is 1.68. The number of rotatable bonds is 9. The van der Waals surface area contributed by atoms with Gasteiger partial charge < -0.3 is 25.2 Å². The average Bonchev–Trinajstić information content (AvgIpc) is 3.40. The zero-order valence-electron chi connectivity index (χ0n) is 22.5. The first-order valence-electron chi connectivity index (χ1n) is 13.9. The molecular weight excluding hydrogens is 514 g/mol. The maximum absolute atomic E-state index is 13.4. The van der Waals surface area contributed by atoms with Crippen LogP contribution in [0.25, 0.3) is 22.0 Å². The van der Waals surface area contributed by atoms with Crippen LogP contribution in [0.3, 0.4) is 0 Å². The van der Waals surface area contributed by atoms with Crippen LogP contribution in [0.4, 0.5) is 0 Å². The summed E-state index contributed by atoms with van der Waals surface area (Å²) in [6, 6.07) is 15.7. The Bertz CT molecular complexity index is 1300. The Morgan fingerprint density at radius 3 is 2.87 bits per heavy atom. The molecule has 1 aromatic heterocycles. The molecule has 0 spiro atoms. The van der Waals surface area contributed by atoms with E-state index < -0.39 is 11.7 Å². The molecule has 1 saturated heterocycles. The molecule has 2 fully saturated rings. The Morgan fingerprint density at radius 1 is 1.23 bits per heavy atom. The highest BCUT2D eigenvalue weighted by Gasteiger charge is 2.45. The fourth-order valence-electron chi connectivity index (χ4n) is 6.13. The van der Waals surface area contributed by atoms with Crippen molar-refractivity contribution in [2.24, 2.45) is 11.7 Å². The first kappa shape index (κ1) is 28.0. The largest absolute Gasteiger partial charge is 0.385 e. The fourth-order valence-corrected chi connectivity index (χ4v) is 6.42. The van der Waals surface area contributed by atoms with Gasteiger partial charge in [0.15, 0.2) is 0 Å². The third kappa shape index (κ3) is 5.98. The molecule has 0 radical (unpaired) electrons.